The number of nitrogens with one attached hydrogen (secondary N) is 1. The fraction of sp³-hybridized carbons (Fsp3) is 0.714. The van der Waals surface area contributed by atoms with Gasteiger partial charge in [-0.05, 0) is 38.5 Å². The Kier molecular flexibility index (Phi) is 4.39. The lowest BCUT2D eigenvalue weighted by atomic mass is 9.84. The molecule has 0 unspecified atom stereocenters. The molecule has 2 rings (SSSR count). The van der Waals surface area contributed by atoms with E-state index in [1.54, 1.807) is 13.4 Å². The molecule has 0 atom stereocenters. The Morgan fingerprint density at radius 2 is 2.00 bits per heavy atom. The summed E-state index contributed by atoms with van der Waals surface area (Å²) in [4.78, 5) is 8.42. The normalized spacial score (nSPS) is 23.7. The number of rotatable bonds is 4. The van der Waals surface area contributed by atoms with Crippen molar-refractivity contribution in [2.24, 2.45) is 5.92 Å². The highest BCUT2D eigenvalue weighted by molar-refractivity contribution is 5.48. The van der Waals surface area contributed by atoms with Crippen molar-refractivity contribution in [3.05, 3.63) is 11.9 Å². The molecule has 1 N–H and O–H groups in total. The van der Waals surface area contributed by atoms with Crippen LogP contribution in [0.15, 0.2) is 6.33 Å². The lowest BCUT2D eigenvalue weighted by Gasteiger charge is -2.29. The maximum atomic E-state index is 5.22. The molecule has 0 aromatic carbocycles. The molecule has 1 aliphatic rings. The number of nitrogens with zero attached hydrogens (tertiary/aromatic N) is 2. The third kappa shape index (κ3) is 2.92. The van der Waals surface area contributed by atoms with Crippen molar-refractivity contribution in [1.29, 1.82) is 0 Å². The number of hydrogen-bond donors (Lipinski definition) is 1. The highest BCUT2D eigenvalue weighted by Gasteiger charge is 2.21. The average Bonchev–Trinajstić information content (AvgIpc) is 2.42. The van der Waals surface area contributed by atoms with Crippen molar-refractivity contribution in [3.63, 3.8) is 0 Å². The van der Waals surface area contributed by atoms with Crippen molar-refractivity contribution < 1.29 is 4.74 Å². The summed E-state index contributed by atoms with van der Waals surface area (Å²) in [5, 5.41) is 3.54. The van der Waals surface area contributed by atoms with E-state index in [1.807, 2.05) is 6.92 Å². The Balaban J connectivity index is 1.98. The predicted molar refractivity (Wildman–Crippen MR) is 73.0 cm³/mol. The van der Waals surface area contributed by atoms with Gasteiger partial charge in [0.05, 0.1) is 12.7 Å². The topological polar surface area (TPSA) is 47.0 Å². The fourth-order valence-electron chi connectivity index (χ4n) is 2.69. The molecule has 1 aromatic heterocycles. The second kappa shape index (κ2) is 6.03. The first kappa shape index (κ1) is 13.1. The molecule has 0 saturated heterocycles. The molecule has 0 aliphatic heterocycles. The molecule has 100 valence electrons. The maximum Gasteiger partial charge on any atom is 0.221 e. The Morgan fingerprint density at radius 3 is 2.61 bits per heavy atom. The smallest absolute Gasteiger partial charge is 0.221 e. The lowest BCUT2D eigenvalue weighted by molar-refractivity contribution is 0.329. The Hall–Kier alpha value is -1.32. The molecular formula is C14H23N3O. The summed E-state index contributed by atoms with van der Waals surface area (Å²) in [7, 11) is 1.64. The SMILES string of the molecule is CCC1CCC(Nc2ncnc(OC)c2C)CC1. The van der Waals surface area contributed by atoms with Crippen molar-refractivity contribution in [2.45, 2.75) is 52.0 Å². The zero-order chi connectivity index (χ0) is 13.0. The van der Waals surface area contributed by atoms with Crippen LogP contribution in [0.2, 0.25) is 0 Å². The van der Waals surface area contributed by atoms with Gasteiger partial charge in [-0.2, -0.15) is 0 Å². The van der Waals surface area contributed by atoms with Gasteiger partial charge in [0, 0.05) is 6.04 Å². The van der Waals surface area contributed by atoms with Crippen LogP contribution >= 0.6 is 0 Å². The van der Waals surface area contributed by atoms with Crippen LogP contribution in [0.25, 0.3) is 0 Å². The number of hydrogen-bond acceptors (Lipinski definition) is 4. The van der Waals surface area contributed by atoms with Gasteiger partial charge in [0.25, 0.3) is 0 Å². The zero-order valence-electron chi connectivity index (χ0n) is 11.6. The summed E-state index contributed by atoms with van der Waals surface area (Å²) >= 11 is 0. The van der Waals surface area contributed by atoms with Crippen LogP contribution in [0.3, 0.4) is 0 Å². The van der Waals surface area contributed by atoms with E-state index in [2.05, 4.69) is 22.2 Å². The van der Waals surface area contributed by atoms with Crippen LogP contribution in [0.1, 0.15) is 44.6 Å². The van der Waals surface area contributed by atoms with E-state index in [0.29, 0.717) is 11.9 Å². The van der Waals surface area contributed by atoms with Gasteiger partial charge in [-0.3, -0.25) is 0 Å². The first-order chi connectivity index (χ1) is 8.74. The minimum Gasteiger partial charge on any atom is -0.481 e. The molecule has 1 fully saturated rings. The number of anilines is 1. The molecule has 4 heteroatoms. The van der Waals surface area contributed by atoms with Crippen LogP contribution < -0.4 is 10.1 Å². The molecule has 1 saturated carbocycles. The highest BCUT2D eigenvalue weighted by atomic mass is 16.5. The van der Waals surface area contributed by atoms with Gasteiger partial charge in [-0.15, -0.1) is 0 Å². The van der Waals surface area contributed by atoms with Gasteiger partial charge < -0.3 is 10.1 Å². The van der Waals surface area contributed by atoms with Gasteiger partial charge in [0.1, 0.15) is 12.1 Å². The number of ether oxygens (including phenoxy) is 1. The molecule has 0 spiro atoms. The average molecular weight is 249 g/mol. The van der Waals surface area contributed by atoms with Crippen LogP contribution in [-0.2, 0) is 0 Å². The predicted octanol–water partition coefficient (Wildman–Crippen LogP) is 3.17. The van der Waals surface area contributed by atoms with Crippen molar-refractivity contribution >= 4 is 5.82 Å². The third-order valence-corrected chi connectivity index (χ3v) is 4.00. The second-order valence-electron chi connectivity index (χ2n) is 5.13. The van der Waals surface area contributed by atoms with Gasteiger partial charge in [0.2, 0.25) is 5.88 Å². The van der Waals surface area contributed by atoms with Crippen LogP contribution in [0.4, 0.5) is 5.82 Å². The van der Waals surface area contributed by atoms with Gasteiger partial charge >= 0.3 is 0 Å². The van der Waals surface area contributed by atoms with E-state index < -0.39 is 0 Å². The van der Waals surface area contributed by atoms with E-state index in [4.69, 9.17) is 4.74 Å². The molecule has 18 heavy (non-hydrogen) atoms. The molecule has 0 radical (unpaired) electrons. The molecular weight excluding hydrogens is 226 g/mol. The minimum absolute atomic E-state index is 0.547. The summed E-state index contributed by atoms with van der Waals surface area (Å²) in [5.74, 6) is 2.50. The monoisotopic (exact) mass is 249 g/mol. The van der Waals surface area contributed by atoms with Crippen LogP contribution in [0.5, 0.6) is 5.88 Å². The Bertz CT molecular complexity index is 387. The molecule has 0 amide bonds. The van der Waals surface area contributed by atoms with E-state index in [-0.39, 0.29) is 0 Å². The zero-order valence-corrected chi connectivity index (χ0v) is 11.6. The summed E-state index contributed by atoms with van der Waals surface area (Å²) in [6, 6.07) is 0.547. The van der Waals surface area contributed by atoms with Gasteiger partial charge in [0.15, 0.2) is 0 Å². The Labute approximate surface area is 109 Å². The van der Waals surface area contributed by atoms with E-state index in [1.165, 1.54) is 32.1 Å². The van der Waals surface area contributed by atoms with Crippen molar-refractivity contribution in [1.82, 2.24) is 9.97 Å². The van der Waals surface area contributed by atoms with Gasteiger partial charge in [-0.25, -0.2) is 9.97 Å². The summed E-state index contributed by atoms with van der Waals surface area (Å²) < 4.78 is 5.22. The number of aromatic nitrogens is 2. The standard InChI is InChI=1S/C14H23N3O/c1-4-11-5-7-12(8-6-11)17-13-10(2)14(18-3)16-9-15-13/h9,11-12H,4-8H2,1-3H3,(H,15,16,17). The van der Waals surface area contributed by atoms with E-state index in [0.717, 1.165) is 17.3 Å². The second-order valence-corrected chi connectivity index (χ2v) is 5.13. The maximum absolute atomic E-state index is 5.22. The summed E-state index contributed by atoms with van der Waals surface area (Å²) in [6.07, 6.45) is 8.01. The molecule has 1 aromatic rings. The van der Waals surface area contributed by atoms with Crippen LogP contribution in [0, 0.1) is 12.8 Å². The molecule has 1 heterocycles. The first-order valence-electron chi connectivity index (χ1n) is 6.86. The third-order valence-electron chi connectivity index (χ3n) is 4.00. The van der Waals surface area contributed by atoms with Crippen molar-refractivity contribution in [3.8, 4) is 5.88 Å². The fourth-order valence-corrected chi connectivity index (χ4v) is 2.69. The summed E-state index contributed by atoms with van der Waals surface area (Å²) in [6.45, 7) is 4.29. The quantitative estimate of drug-likeness (QED) is 0.890. The molecule has 1 aliphatic carbocycles. The van der Waals surface area contributed by atoms with Gasteiger partial charge in [-0.1, -0.05) is 13.3 Å². The largest absolute Gasteiger partial charge is 0.481 e. The Morgan fingerprint density at radius 1 is 1.28 bits per heavy atom. The van der Waals surface area contributed by atoms with E-state index >= 15 is 0 Å². The molecule has 4 nitrogen and oxygen atoms in total. The van der Waals surface area contributed by atoms with Crippen molar-refractivity contribution in [2.75, 3.05) is 12.4 Å². The van der Waals surface area contributed by atoms with Crippen LogP contribution in [-0.4, -0.2) is 23.1 Å². The summed E-state index contributed by atoms with van der Waals surface area (Å²) in [5.41, 5.74) is 0.998. The highest BCUT2D eigenvalue weighted by Crippen LogP contribution is 2.29. The van der Waals surface area contributed by atoms with E-state index in [9.17, 15) is 0 Å². The first-order valence-corrected chi connectivity index (χ1v) is 6.86. The minimum atomic E-state index is 0.547. The number of methoxy groups -OCH3 is 1. The molecule has 0 bridgehead atoms. The lowest BCUT2D eigenvalue weighted by Crippen LogP contribution is -2.26.